The highest BCUT2D eigenvalue weighted by Gasteiger charge is 2.32. The summed E-state index contributed by atoms with van der Waals surface area (Å²) in [5.74, 6) is 1.42. The maximum absolute atomic E-state index is 12.2. The molecule has 1 aromatic carbocycles. The predicted octanol–water partition coefficient (Wildman–Crippen LogP) is 1.96. The summed E-state index contributed by atoms with van der Waals surface area (Å²) in [5, 5.41) is 0. The first-order chi connectivity index (χ1) is 9.95. The number of nitrogens with two attached hydrogens (primary N) is 1. The summed E-state index contributed by atoms with van der Waals surface area (Å²) < 4.78 is 5.83. The Labute approximate surface area is 123 Å². The maximum Gasteiger partial charge on any atom is 0.242 e. The minimum absolute atomic E-state index is 0.0580. The van der Waals surface area contributed by atoms with Crippen molar-refractivity contribution >= 4 is 5.91 Å². The van der Waals surface area contributed by atoms with E-state index in [0.29, 0.717) is 25.4 Å². The number of oxazole rings is 1. The second kappa shape index (κ2) is 5.00. The highest BCUT2D eigenvalue weighted by molar-refractivity contribution is 5.85. The second-order valence-corrected chi connectivity index (χ2v) is 5.95. The minimum Gasteiger partial charge on any atom is -0.441 e. The number of carbonyl (C=O) groups excluding carboxylic acids is 1. The van der Waals surface area contributed by atoms with Crippen molar-refractivity contribution in [3.8, 4) is 11.5 Å². The first kappa shape index (κ1) is 13.8. The fourth-order valence-corrected chi connectivity index (χ4v) is 2.48. The van der Waals surface area contributed by atoms with Gasteiger partial charge < -0.3 is 15.1 Å². The van der Waals surface area contributed by atoms with Crippen molar-refractivity contribution in [2.75, 3.05) is 6.54 Å². The zero-order valence-electron chi connectivity index (χ0n) is 12.3. The molecule has 110 valence electrons. The lowest BCUT2D eigenvalue weighted by Gasteiger charge is -2.31. The zero-order chi connectivity index (χ0) is 15.0. The van der Waals surface area contributed by atoms with Crippen molar-refractivity contribution in [3.63, 3.8) is 0 Å². The Kier molecular flexibility index (Phi) is 3.29. The molecular formula is C16H19N3O2. The number of carbonyl (C=O) groups is 1. The molecule has 5 nitrogen and oxygen atoms in total. The van der Waals surface area contributed by atoms with Crippen molar-refractivity contribution in [1.29, 1.82) is 0 Å². The minimum atomic E-state index is -0.858. The van der Waals surface area contributed by atoms with E-state index in [9.17, 15) is 4.79 Å². The Morgan fingerprint density at radius 3 is 2.71 bits per heavy atom. The quantitative estimate of drug-likeness (QED) is 0.915. The molecule has 0 fully saturated rings. The molecule has 0 unspecified atom stereocenters. The van der Waals surface area contributed by atoms with Crippen LogP contribution in [-0.2, 0) is 17.8 Å². The molecule has 1 aliphatic heterocycles. The van der Waals surface area contributed by atoms with E-state index in [1.54, 1.807) is 18.7 Å². The number of benzene rings is 1. The van der Waals surface area contributed by atoms with Crippen LogP contribution in [0.4, 0.5) is 0 Å². The largest absolute Gasteiger partial charge is 0.441 e. The SMILES string of the molecule is CC(C)(N)C(=O)N1CCc2oc(-c3ccccc3)nc2C1. The van der Waals surface area contributed by atoms with E-state index >= 15 is 0 Å². The van der Waals surface area contributed by atoms with Crippen LogP contribution < -0.4 is 5.73 Å². The highest BCUT2D eigenvalue weighted by atomic mass is 16.4. The van der Waals surface area contributed by atoms with Gasteiger partial charge in [-0.25, -0.2) is 4.98 Å². The third kappa shape index (κ3) is 2.69. The summed E-state index contributed by atoms with van der Waals surface area (Å²) in [4.78, 5) is 18.5. The van der Waals surface area contributed by atoms with E-state index in [1.807, 2.05) is 30.3 Å². The number of nitrogens with zero attached hydrogens (tertiary/aromatic N) is 2. The van der Waals surface area contributed by atoms with Crippen LogP contribution in [-0.4, -0.2) is 27.9 Å². The predicted molar refractivity (Wildman–Crippen MR) is 79.3 cm³/mol. The standard InChI is InChI=1S/C16H19N3O2/c1-16(2,17)15(20)19-9-8-13-12(10-19)18-14(21-13)11-6-4-3-5-7-11/h3-7H,8-10,17H2,1-2H3. The van der Waals surface area contributed by atoms with Crippen LogP contribution in [0.5, 0.6) is 0 Å². The van der Waals surface area contributed by atoms with E-state index in [0.717, 1.165) is 17.0 Å². The van der Waals surface area contributed by atoms with Gasteiger partial charge in [-0.2, -0.15) is 0 Å². The van der Waals surface area contributed by atoms with E-state index in [4.69, 9.17) is 10.2 Å². The lowest BCUT2D eigenvalue weighted by molar-refractivity contribution is -0.136. The molecule has 0 radical (unpaired) electrons. The van der Waals surface area contributed by atoms with E-state index in [1.165, 1.54) is 0 Å². The van der Waals surface area contributed by atoms with Gasteiger partial charge in [0.25, 0.3) is 0 Å². The lowest BCUT2D eigenvalue weighted by Crippen LogP contribution is -2.52. The van der Waals surface area contributed by atoms with Crippen LogP contribution >= 0.6 is 0 Å². The first-order valence-corrected chi connectivity index (χ1v) is 7.07. The van der Waals surface area contributed by atoms with Gasteiger partial charge in [-0.05, 0) is 26.0 Å². The van der Waals surface area contributed by atoms with Crippen molar-refractivity contribution in [2.24, 2.45) is 5.73 Å². The Hall–Kier alpha value is -2.14. The van der Waals surface area contributed by atoms with Crippen LogP contribution in [0, 0.1) is 0 Å². The maximum atomic E-state index is 12.2. The molecular weight excluding hydrogens is 266 g/mol. The van der Waals surface area contributed by atoms with Crippen LogP contribution in [0.3, 0.4) is 0 Å². The third-order valence-electron chi connectivity index (χ3n) is 3.59. The molecule has 21 heavy (non-hydrogen) atoms. The van der Waals surface area contributed by atoms with Gasteiger partial charge in [0.1, 0.15) is 11.5 Å². The fraction of sp³-hybridized carbons (Fsp3) is 0.375. The number of rotatable bonds is 2. The van der Waals surface area contributed by atoms with Crippen molar-refractivity contribution < 1.29 is 9.21 Å². The molecule has 0 bridgehead atoms. The molecule has 0 atom stereocenters. The normalized spacial score (nSPS) is 14.9. The molecule has 5 heteroatoms. The number of hydrogen-bond donors (Lipinski definition) is 1. The van der Waals surface area contributed by atoms with Crippen molar-refractivity contribution in [2.45, 2.75) is 32.4 Å². The van der Waals surface area contributed by atoms with Crippen LogP contribution in [0.15, 0.2) is 34.7 Å². The van der Waals surface area contributed by atoms with Crippen LogP contribution in [0.1, 0.15) is 25.3 Å². The van der Waals surface area contributed by atoms with E-state index < -0.39 is 5.54 Å². The molecule has 3 rings (SSSR count). The number of aromatic nitrogens is 1. The van der Waals surface area contributed by atoms with Gasteiger partial charge in [-0.3, -0.25) is 4.79 Å². The van der Waals surface area contributed by atoms with Gasteiger partial charge in [0, 0.05) is 18.5 Å². The number of fused-ring (bicyclic) bond motifs is 1. The monoisotopic (exact) mass is 285 g/mol. The summed E-state index contributed by atoms with van der Waals surface area (Å²) in [6.45, 7) is 4.53. The van der Waals surface area contributed by atoms with Crippen molar-refractivity contribution in [1.82, 2.24) is 9.88 Å². The molecule has 2 N–H and O–H groups in total. The molecule has 2 aromatic rings. The summed E-state index contributed by atoms with van der Waals surface area (Å²) in [6.07, 6.45) is 0.678. The van der Waals surface area contributed by atoms with Crippen LogP contribution in [0.25, 0.3) is 11.5 Å². The molecule has 0 spiro atoms. The Morgan fingerprint density at radius 2 is 2.05 bits per heavy atom. The summed E-state index contributed by atoms with van der Waals surface area (Å²) in [5.41, 5.74) is 6.81. The van der Waals surface area contributed by atoms with Crippen molar-refractivity contribution in [3.05, 3.63) is 41.8 Å². The van der Waals surface area contributed by atoms with Crippen LogP contribution in [0.2, 0.25) is 0 Å². The average molecular weight is 285 g/mol. The van der Waals surface area contributed by atoms with E-state index in [2.05, 4.69) is 4.98 Å². The lowest BCUT2D eigenvalue weighted by atomic mass is 10.0. The zero-order valence-corrected chi connectivity index (χ0v) is 12.3. The number of hydrogen-bond acceptors (Lipinski definition) is 4. The Morgan fingerprint density at radius 1 is 1.33 bits per heavy atom. The first-order valence-electron chi connectivity index (χ1n) is 7.07. The third-order valence-corrected chi connectivity index (χ3v) is 3.59. The second-order valence-electron chi connectivity index (χ2n) is 5.95. The molecule has 0 saturated carbocycles. The number of amides is 1. The molecule has 0 saturated heterocycles. The molecule has 2 heterocycles. The average Bonchev–Trinajstić information content (AvgIpc) is 2.89. The summed E-state index contributed by atoms with van der Waals surface area (Å²) in [7, 11) is 0. The summed E-state index contributed by atoms with van der Waals surface area (Å²) >= 11 is 0. The van der Waals surface area contributed by atoms with Gasteiger partial charge in [0.05, 0.1) is 12.1 Å². The van der Waals surface area contributed by atoms with Gasteiger partial charge in [-0.15, -0.1) is 0 Å². The smallest absolute Gasteiger partial charge is 0.242 e. The molecule has 1 aromatic heterocycles. The van der Waals surface area contributed by atoms with Gasteiger partial charge in [0.2, 0.25) is 11.8 Å². The Balaban J connectivity index is 1.84. The summed E-state index contributed by atoms with van der Waals surface area (Å²) in [6, 6.07) is 9.78. The van der Waals surface area contributed by atoms with E-state index in [-0.39, 0.29) is 5.91 Å². The molecule has 1 aliphatic rings. The van der Waals surface area contributed by atoms with Gasteiger partial charge in [-0.1, -0.05) is 18.2 Å². The van der Waals surface area contributed by atoms with Gasteiger partial charge in [0.15, 0.2) is 0 Å². The molecule has 0 aliphatic carbocycles. The highest BCUT2D eigenvalue weighted by Crippen LogP contribution is 2.26. The van der Waals surface area contributed by atoms with Gasteiger partial charge >= 0.3 is 0 Å². The molecule has 1 amide bonds. The Bertz CT molecular complexity index is 656. The fourth-order valence-electron chi connectivity index (χ4n) is 2.48. The topological polar surface area (TPSA) is 72.4 Å².